The lowest BCUT2D eigenvalue weighted by molar-refractivity contribution is 0.104. The van der Waals surface area contributed by atoms with E-state index in [1.807, 2.05) is 12.1 Å². The maximum atomic E-state index is 12.8. The number of hydrogen-bond acceptors (Lipinski definition) is 6. The highest BCUT2D eigenvalue weighted by Crippen LogP contribution is 2.35. The van der Waals surface area contributed by atoms with E-state index < -0.39 is 0 Å². The van der Waals surface area contributed by atoms with E-state index in [1.54, 1.807) is 58.8 Å². The van der Waals surface area contributed by atoms with Gasteiger partial charge in [0.1, 0.15) is 11.5 Å². The van der Waals surface area contributed by atoms with Gasteiger partial charge in [-0.3, -0.25) is 9.69 Å². The number of methoxy groups -OCH3 is 4. The quantitative estimate of drug-likeness (QED) is 0.455. The van der Waals surface area contributed by atoms with Gasteiger partial charge in [0.2, 0.25) is 0 Å². The van der Waals surface area contributed by atoms with Crippen molar-refractivity contribution in [3.05, 3.63) is 53.1 Å². The van der Waals surface area contributed by atoms with Gasteiger partial charge in [-0.2, -0.15) is 0 Å². The first-order valence-electron chi connectivity index (χ1n) is 10.0. The Balaban J connectivity index is 1.84. The molecule has 1 fully saturated rings. The summed E-state index contributed by atoms with van der Waals surface area (Å²) in [6, 6.07) is 9.11. The molecule has 1 aliphatic heterocycles. The zero-order valence-electron chi connectivity index (χ0n) is 18.1. The predicted octanol–water partition coefficient (Wildman–Crippen LogP) is 4.21. The van der Waals surface area contributed by atoms with Gasteiger partial charge >= 0.3 is 0 Å². The van der Waals surface area contributed by atoms with Crippen LogP contribution < -0.4 is 18.9 Å². The van der Waals surface area contributed by atoms with Gasteiger partial charge in [-0.1, -0.05) is 0 Å². The monoisotopic (exact) mass is 411 g/mol. The van der Waals surface area contributed by atoms with Crippen molar-refractivity contribution in [3.8, 4) is 23.0 Å². The van der Waals surface area contributed by atoms with Crippen LogP contribution in [0.25, 0.3) is 6.08 Å². The number of benzene rings is 2. The Hall–Kier alpha value is -2.99. The minimum Gasteiger partial charge on any atom is -0.496 e. The fraction of sp³-hybridized carbons (Fsp3) is 0.375. The fourth-order valence-electron chi connectivity index (χ4n) is 3.68. The lowest BCUT2D eigenvalue weighted by atomic mass is 10.0. The lowest BCUT2D eigenvalue weighted by Crippen LogP contribution is -2.19. The van der Waals surface area contributed by atoms with Gasteiger partial charge < -0.3 is 18.9 Å². The second-order valence-electron chi connectivity index (χ2n) is 7.16. The van der Waals surface area contributed by atoms with Gasteiger partial charge in [-0.05, 0) is 62.3 Å². The minimum atomic E-state index is -0.0860. The Kier molecular flexibility index (Phi) is 7.36. The zero-order chi connectivity index (χ0) is 21.5. The second kappa shape index (κ2) is 10.2. The van der Waals surface area contributed by atoms with Crippen LogP contribution in [0.3, 0.4) is 0 Å². The van der Waals surface area contributed by atoms with Crippen LogP contribution in [0.1, 0.15) is 34.3 Å². The summed E-state index contributed by atoms with van der Waals surface area (Å²) in [4.78, 5) is 15.2. The van der Waals surface area contributed by atoms with Crippen molar-refractivity contribution in [3.63, 3.8) is 0 Å². The highest BCUT2D eigenvalue weighted by atomic mass is 16.5. The number of hydrogen-bond donors (Lipinski definition) is 0. The van der Waals surface area contributed by atoms with Crippen molar-refractivity contribution in [1.82, 2.24) is 4.90 Å². The zero-order valence-corrected chi connectivity index (χ0v) is 18.1. The first kappa shape index (κ1) is 21.7. The largest absolute Gasteiger partial charge is 0.496 e. The maximum Gasteiger partial charge on any atom is 0.185 e. The Bertz CT molecular complexity index is 916. The van der Waals surface area contributed by atoms with Crippen LogP contribution in [0.15, 0.2) is 36.4 Å². The standard InChI is InChI=1S/C24H29NO5/c1-27-21-10-8-17(13-19(21)16-25-11-5-6-12-25)20(26)9-7-18-14-23(29-3)24(30-4)15-22(18)28-2/h7-10,13-15H,5-6,11-12,16H2,1-4H3/b9-7+. The summed E-state index contributed by atoms with van der Waals surface area (Å²) < 4.78 is 21.6. The summed E-state index contributed by atoms with van der Waals surface area (Å²) in [5.74, 6) is 2.46. The molecule has 0 aromatic heterocycles. The molecule has 6 nitrogen and oxygen atoms in total. The van der Waals surface area contributed by atoms with Gasteiger partial charge in [0.05, 0.1) is 28.4 Å². The molecule has 0 amide bonds. The second-order valence-corrected chi connectivity index (χ2v) is 7.16. The van der Waals surface area contributed by atoms with Crippen molar-refractivity contribution in [2.75, 3.05) is 41.5 Å². The predicted molar refractivity (Wildman–Crippen MR) is 117 cm³/mol. The molecule has 0 atom stereocenters. The Labute approximate surface area is 178 Å². The number of carbonyl (C=O) groups excluding carboxylic acids is 1. The average Bonchev–Trinajstić information content (AvgIpc) is 3.29. The first-order chi connectivity index (χ1) is 14.6. The van der Waals surface area contributed by atoms with E-state index in [4.69, 9.17) is 18.9 Å². The molecule has 1 heterocycles. The van der Waals surface area contributed by atoms with Crippen molar-refractivity contribution in [1.29, 1.82) is 0 Å². The molecule has 0 bridgehead atoms. The van der Waals surface area contributed by atoms with E-state index in [2.05, 4.69) is 4.90 Å². The van der Waals surface area contributed by atoms with Crippen LogP contribution in [0.2, 0.25) is 0 Å². The molecule has 160 valence electrons. The SMILES string of the molecule is COc1cc(OC)c(OC)cc1/C=C/C(=O)c1ccc(OC)c(CN2CCCC2)c1. The third-order valence-electron chi connectivity index (χ3n) is 5.31. The Morgan fingerprint density at radius 2 is 1.50 bits per heavy atom. The minimum absolute atomic E-state index is 0.0860. The van der Waals surface area contributed by atoms with Crippen molar-refractivity contribution in [2.24, 2.45) is 0 Å². The van der Waals surface area contributed by atoms with Gasteiger partial charge in [-0.25, -0.2) is 0 Å². The molecule has 0 radical (unpaired) electrons. The number of allylic oxidation sites excluding steroid dienone is 1. The summed E-state index contributed by atoms with van der Waals surface area (Å²) in [7, 11) is 6.38. The summed E-state index contributed by atoms with van der Waals surface area (Å²) in [5, 5.41) is 0. The average molecular weight is 411 g/mol. The van der Waals surface area contributed by atoms with E-state index >= 15 is 0 Å². The van der Waals surface area contributed by atoms with E-state index in [0.717, 1.165) is 36.5 Å². The van der Waals surface area contributed by atoms with Gasteiger partial charge in [0.25, 0.3) is 0 Å². The van der Waals surface area contributed by atoms with Gasteiger partial charge in [0, 0.05) is 29.3 Å². The molecule has 1 saturated heterocycles. The van der Waals surface area contributed by atoms with E-state index in [1.165, 1.54) is 12.8 Å². The lowest BCUT2D eigenvalue weighted by Gasteiger charge is -2.17. The highest BCUT2D eigenvalue weighted by molar-refractivity contribution is 6.07. The third-order valence-corrected chi connectivity index (χ3v) is 5.31. The molecular formula is C24H29NO5. The summed E-state index contributed by atoms with van der Waals surface area (Å²) in [5.41, 5.74) is 2.39. The number of nitrogens with zero attached hydrogens (tertiary/aromatic N) is 1. The number of ether oxygens (including phenoxy) is 4. The van der Waals surface area contributed by atoms with Crippen molar-refractivity contribution < 1.29 is 23.7 Å². The van der Waals surface area contributed by atoms with Crippen LogP contribution in [-0.4, -0.2) is 52.2 Å². The molecule has 2 aromatic carbocycles. The molecule has 0 unspecified atom stereocenters. The molecule has 0 saturated carbocycles. The first-order valence-corrected chi connectivity index (χ1v) is 10.0. The Morgan fingerprint density at radius 1 is 0.867 bits per heavy atom. The number of ketones is 1. The molecule has 0 N–H and O–H groups in total. The maximum absolute atomic E-state index is 12.8. The summed E-state index contributed by atoms with van der Waals surface area (Å²) in [6.07, 6.45) is 5.71. The van der Waals surface area contributed by atoms with E-state index in [0.29, 0.717) is 22.8 Å². The van der Waals surface area contributed by atoms with Crippen molar-refractivity contribution >= 4 is 11.9 Å². The molecule has 2 aromatic rings. The third kappa shape index (κ3) is 4.94. The number of carbonyl (C=O) groups is 1. The van der Waals surface area contributed by atoms with Crippen LogP contribution >= 0.6 is 0 Å². The molecule has 1 aliphatic rings. The number of likely N-dealkylation sites (tertiary alicyclic amines) is 1. The van der Waals surface area contributed by atoms with Crippen LogP contribution in [-0.2, 0) is 6.54 Å². The molecule has 6 heteroatoms. The topological polar surface area (TPSA) is 57.2 Å². The van der Waals surface area contributed by atoms with Crippen LogP contribution in [0, 0.1) is 0 Å². The molecule has 0 aliphatic carbocycles. The number of rotatable bonds is 9. The van der Waals surface area contributed by atoms with E-state index in [-0.39, 0.29) is 5.78 Å². The highest BCUT2D eigenvalue weighted by Gasteiger charge is 2.16. The smallest absolute Gasteiger partial charge is 0.185 e. The van der Waals surface area contributed by atoms with E-state index in [9.17, 15) is 4.79 Å². The van der Waals surface area contributed by atoms with Gasteiger partial charge in [-0.15, -0.1) is 0 Å². The fourth-order valence-corrected chi connectivity index (χ4v) is 3.68. The summed E-state index contributed by atoms with van der Waals surface area (Å²) in [6.45, 7) is 2.96. The molecule has 0 spiro atoms. The summed E-state index contributed by atoms with van der Waals surface area (Å²) >= 11 is 0. The molecular weight excluding hydrogens is 382 g/mol. The van der Waals surface area contributed by atoms with Crippen LogP contribution in [0.5, 0.6) is 23.0 Å². The Morgan fingerprint density at radius 3 is 2.13 bits per heavy atom. The van der Waals surface area contributed by atoms with Crippen LogP contribution in [0.4, 0.5) is 0 Å². The van der Waals surface area contributed by atoms with Crippen molar-refractivity contribution in [2.45, 2.75) is 19.4 Å². The normalized spacial score (nSPS) is 14.1. The van der Waals surface area contributed by atoms with Gasteiger partial charge in [0.15, 0.2) is 17.3 Å². The molecule has 30 heavy (non-hydrogen) atoms. The molecule has 3 rings (SSSR count).